The molecular formula is C9H11N3O4. The zero-order chi connectivity index (χ0) is 11.7. The first-order chi connectivity index (χ1) is 7.59. The third-order valence-corrected chi connectivity index (χ3v) is 2.61. The van der Waals surface area contributed by atoms with Crippen LogP contribution in [0.5, 0.6) is 0 Å². The average molecular weight is 225 g/mol. The Bertz CT molecular complexity index is 359. The lowest BCUT2D eigenvalue weighted by atomic mass is 10.0. The molecule has 2 fully saturated rings. The SMILES string of the molecule is O=C1CC(=O)N(C2CCCNC2=O)C(=O)N1. The summed E-state index contributed by atoms with van der Waals surface area (Å²) in [7, 11) is 0. The van der Waals surface area contributed by atoms with Crippen LogP contribution in [0.1, 0.15) is 19.3 Å². The highest BCUT2D eigenvalue weighted by Gasteiger charge is 2.40. The number of nitrogens with zero attached hydrogens (tertiary/aromatic N) is 1. The van der Waals surface area contributed by atoms with E-state index in [0.29, 0.717) is 19.4 Å². The quantitative estimate of drug-likeness (QED) is 0.544. The van der Waals surface area contributed by atoms with Crippen molar-refractivity contribution in [3.05, 3.63) is 0 Å². The average Bonchev–Trinajstić information content (AvgIpc) is 2.19. The van der Waals surface area contributed by atoms with E-state index in [0.717, 1.165) is 4.90 Å². The highest BCUT2D eigenvalue weighted by Crippen LogP contribution is 2.15. The van der Waals surface area contributed by atoms with Gasteiger partial charge in [0, 0.05) is 6.54 Å². The van der Waals surface area contributed by atoms with Crippen molar-refractivity contribution >= 4 is 23.8 Å². The number of carbonyl (C=O) groups excluding carboxylic acids is 4. The molecule has 0 aliphatic carbocycles. The largest absolute Gasteiger partial charge is 0.354 e. The second-order valence-corrected chi connectivity index (χ2v) is 3.74. The van der Waals surface area contributed by atoms with Gasteiger partial charge in [0.2, 0.25) is 17.7 Å². The Balaban J connectivity index is 2.18. The minimum absolute atomic E-state index is 0.343. The lowest BCUT2D eigenvalue weighted by molar-refractivity contribution is -0.143. The first-order valence-electron chi connectivity index (χ1n) is 5.03. The monoisotopic (exact) mass is 225 g/mol. The molecule has 7 heteroatoms. The highest BCUT2D eigenvalue weighted by molar-refractivity contribution is 6.15. The van der Waals surface area contributed by atoms with Gasteiger partial charge in [-0.25, -0.2) is 4.79 Å². The second kappa shape index (κ2) is 3.92. The molecule has 0 aromatic heterocycles. The van der Waals surface area contributed by atoms with Gasteiger partial charge in [0.05, 0.1) is 0 Å². The van der Waals surface area contributed by atoms with Gasteiger partial charge in [0.15, 0.2) is 0 Å². The third kappa shape index (κ3) is 1.75. The summed E-state index contributed by atoms with van der Waals surface area (Å²) in [5.74, 6) is -1.58. The topological polar surface area (TPSA) is 95.6 Å². The predicted molar refractivity (Wildman–Crippen MR) is 51.0 cm³/mol. The van der Waals surface area contributed by atoms with Crippen molar-refractivity contribution in [3.8, 4) is 0 Å². The maximum absolute atomic E-state index is 11.5. The van der Waals surface area contributed by atoms with E-state index in [-0.39, 0.29) is 12.3 Å². The van der Waals surface area contributed by atoms with Crippen molar-refractivity contribution in [1.82, 2.24) is 15.5 Å². The van der Waals surface area contributed by atoms with Crippen molar-refractivity contribution in [2.45, 2.75) is 25.3 Å². The molecule has 86 valence electrons. The van der Waals surface area contributed by atoms with Gasteiger partial charge < -0.3 is 5.32 Å². The molecule has 5 amide bonds. The normalized spacial score (nSPS) is 26.5. The summed E-state index contributed by atoms with van der Waals surface area (Å²) >= 11 is 0. The number of piperidine rings is 1. The zero-order valence-corrected chi connectivity index (χ0v) is 8.49. The van der Waals surface area contributed by atoms with Crippen LogP contribution in [0.3, 0.4) is 0 Å². The molecule has 2 heterocycles. The van der Waals surface area contributed by atoms with E-state index in [1.807, 2.05) is 5.32 Å². The van der Waals surface area contributed by atoms with Crippen LogP contribution in [-0.4, -0.2) is 41.2 Å². The molecule has 16 heavy (non-hydrogen) atoms. The van der Waals surface area contributed by atoms with Crippen molar-refractivity contribution in [2.24, 2.45) is 0 Å². The van der Waals surface area contributed by atoms with Crippen molar-refractivity contribution in [2.75, 3.05) is 6.54 Å². The lowest BCUT2D eigenvalue weighted by Crippen LogP contribution is -2.61. The van der Waals surface area contributed by atoms with Crippen LogP contribution in [0.4, 0.5) is 4.79 Å². The summed E-state index contributed by atoms with van der Waals surface area (Å²) < 4.78 is 0. The Hall–Kier alpha value is -1.92. The fraction of sp³-hybridized carbons (Fsp3) is 0.556. The summed E-state index contributed by atoms with van der Waals surface area (Å²) in [5, 5.41) is 4.61. The molecule has 0 bridgehead atoms. The van der Waals surface area contributed by atoms with Crippen LogP contribution >= 0.6 is 0 Å². The summed E-state index contributed by atoms with van der Waals surface area (Å²) in [4.78, 5) is 46.2. The molecule has 0 aromatic rings. The first kappa shape index (κ1) is 10.6. The Morgan fingerprint density at radius 2 is 1.94 bits per heavy atom. The number of barbiturate groups is 1. The standard InChI is InChI=1S/C9H11N3O4/c13-6-4-7(14)12(9(16)11-6)5-2-1-3-10-8(5)15/h5H,1-4H2,(H,10,15)(H,11,13,16). The molecule has 2 aliphatic rings. The van der Waals surface area contributed by atoms with Crippen LogP contribution in [0.2, 0.25) is 0 Å². The Kier molecular flexibility index (Phi) is 2.59. The van der Waals surface area contributed by atoms with E-state index in [4.69, 9.17) is 0 Å². The number of hydrogen-bond acceptors (Lipinski definition) is 4. The van der Waals surface area contributed by atoms with Crippen molar-refractivity contribution in [3.63, 3.8) is 0 Å². The first-order valence-corrected chi connectivity index (χ1v) is 5.03. The molecule has 0 radical (unpaired) electrons. The maximum Gasteiger partial charge on any atom is 0.331 e. The van der Waals surface area contributed by atoms with E-state index < -0.39 is 23.9 Å². The van der Waals surface area contributed by atoms with E-state index in [2.05, 4.69) is 5.32 Å². The molecule has 2 aliphatic heterocycles. The van der Waals surface area contributed by atoms with E-state index >= 15 is 0 Å². The minimum Gasteiger partial charge on any atom is -0.354 e. The van der Waals surface area contributed by atoms with Crippen molar-refractivity contribution in [1.29, 1.82) is 0 Å². The van der Waals surface area contributed by atoms with Crippen LogP contribution in [0.25, 0.3) is 0 Å². The Morgan fingerprint density at radius 3 is 2.56 bits per heavy atom. The Labute approximate surface area is 91.2 Å². The third-order valence-electron chi connectivity index (χ3n) is 2.61. The van der Waals surface area contributed by atoms with Crippen LogP contribution in [0.15, 0.2) is 0 Å². The molecule has 0 spiro atoms. The number of urea groups is 1. The number of rotatable bonds is 1. The molecule has 0 saturated carbocycles. The Morgan fingerprint density at radius 1 is 1.19 bits per heavy atom. The zero-order valence-electron chi connectivity index (χ0n) is 8.49. The minimum atomic E-state index is -0.802. The van der Waals surface area contributed by atoms with Crippen LogP contribution in [0, 0.1) is 0 Å². The van der Waals surface area contributed by atoms with Gasteiger partial charge in [0.25, 0.3) is 0 Å². The van der Waals surface area contributed by atoms with Crippen molar-refractivity contribution < 1.29 is 19.2 Å². The number of amides is 5. The molecule has 2 rings (SSSR count). The maximum atomic E-state index is 11.5. The van der Waals surface area contributed by atoms with Gasteiger partial charge in [-0.1, -0.05) is 0 Å². The molecule has 2 N–H and O–H groups in total. The molecular weight excluding hydrogens is 214 g/mol. The summed E-state index contributed by atoms with van der Waals surface area (Å²) in [6.45, 7) is 0.553. The van der Waals surface area contributed by atoms with Gasteiger partial charge in [-0.15, -0.1) is 0 Å². The van der Waals surface area contributed by atoms with Crippen LogP contribution < -0.4 is 10.6 Å². The van der Waals surface area contributed by atoms with E-state index in [1.165, 1.54) is 0 Å². The molecule has 0 aromatic carbocycles. The summed E-state index contributed by atoms with van der Waals surface area (Å²) in [6, 6.07) is -1.59. The van der Waals surface area contributed by atoms with E-state index in [1.54, 1.807) is 0 Å². The summed E-state index contributed by atoms with van der Waals surface area (Å²) in [6.07, 6.45) is 0.774. The number of imide groups is 2. The molecule has 2 saturated heterocycles. The summed E-state index contributed by atoms with van der Waals surface area (Å²) in [5.41, 5.74) is 0. The van der Waals surface area contributed by atoms with Gasteiger partial charge in [0.1, 0.15) is 12.5 Å². The highest BCUT2D eigenvalue weighted by atomic mass is 16.2. The number of nitrogens with one attached hydrogen (secondary N) is 2. The fourth-order valence-corrected chi connectivity index (χ4v) is 1.88. The molecule has 1 unspecified atom stereocenters. The molecule has 7 nitrogen and oxygen atoms in total. The van der Waals surface area contributed by atoms with Gasteiger partial charge >= 0.3 is 6.03 Å². The van der Waals surface area contributed by atoms with Crippen LogP contribution in [-0.2, 0) is 14.4 Å². The van der Waals surface area contributed by atoms with E-state index in [9.17, 15) is 19.2 Å². The van der Waals surface area contributed by atoms with Gasteiger partial charge in [-0.3, -0.25) is 24.6 Å². The second-order valence-electron chi connectivity index (χ2n) is 3.74. The molecule has 1 atom stereocenters. The fourth-order valence-electron chi connectivity index (χ4n) is 1.88. The number of hydrogen-bond donors (Lipinski definition) is 2. The van der Waals surface area contributed by atoms with Gasteiger partial charge in [-0.2, -0.15) is 0 Å². The number of carbonyl (C=O) groups is 4. The van der Waals surface area contributed by atoms with Gasteiger partial charge in [-0.05, 0) is 12.8 Å². The predicted octanol–water partition coefficient (Wildman–Crippen LogP) is -1.27. The lowest BCUT2D eigenvalue weighted by Gasteiger charge is -2.33. The smallest absolute Gasteiger partial charge is 0.331 e.